The fourth-order valence-electron chi connectivity index (χ4n) is 2.51. The molecule has 1 aliphatic heterocycles. The molecule has 20 heavy (non-hydrogen) atoms. The zero-order valence-corrected chi connectivity index (χ0v) is 12.5. The summed E-state index contributed by atoms with van der Waals surface area (Å²) < 4.78 is 0. The number of benzene rings is 1. The lowest BCUT2D eigenvalue weighted by atomic mass is 10.1. The average Bonchev–Trinajstić information content (AvgIpc) is 2.43. The first-order chi connectivity index (χ1) is 9.65. The minimum Gasteiger partial charge on any atom is -0.397 e. The number of nitrogens with zero attached hydrogens (tertiary/aromatic N) is 1. The number of carbonyl (C=O) groups excluding carboxylic acids is 1. The lowest BCUT2D eigenvalue weighted by Gasteiger charge is -2.26. The molecule has 1 heterocycles. The number of likely N-dealkylation sites (tertiary alicyclic amines) is 1. The number of hydrogen-bond acceptors (Lipinski definition) is 3. The fourth-order valence-corrected chi connectivity index (χ4v) is 2.69. The van der Waals surface area contributed by atoms with Crippen LogP contribution in [0.1, 0.15) is 32.1 Å². The number of carbonyl (C=O) groups is 1. The zero-order chi connectivity index (χ0) is 14.4. The molecule has 0 spiro atoms. The molecule has 110 valence electrons. The Morgan fingerprint density at radius 3 is 2.75 bits per heavy atom. The molecule has 1 amide bonds. The Morgan fingerprint density at radius 2 is 2.05 bits per heavy atom. The largest absolute Gasteiger partial charge is 0.397 e. The van der Waals surface area contributed by atoms with Crippen LogP contribution < -0.4 is 11.1 Å². The van der Waals surface area contributed by atoms with Crippen LogP contribution in [0.3, 0.4) is 0 Å². The van der Waals surface area contributed by atoms with Gasteiger partial charge in [-0.05, 0) is 57.1 Å². The Morgan fingerprint density at radius 1 is 1.30 bits per heavy atom. The van der Waals surface area contributed by atoms with E-state index in [0.29, 0.717) is 22.8 Å². The van der Waals surface area contributed by atoms with Gasteiger partial charge in [0.15, 0.2) is 0 Å². The number of nitrogens with one attached hydrogen (secondary N) is 1. The van der Waals surface area contributed by atoms with Crippen molar-refractivity contribution in [2.45, 2.75) is 32.1 Å². The molecule has 1 aromatic rings. The number of anilines is 2. The Balaban J connectivity index is 1.72. The summed E-state index contributed by atoms with van der Waals surface area (Å²) in [6, 6.07) is 5.10. The molecule has 1 saturated heterocycles. The quantitative estimate of drug-likeness (QED) is 0.821. The Labute approximate surface area is 125 Å². The number of nitrogens with two attached hydrogens (primary N) is 1. The molecule has 0 aliphatic carbocycles. The SMILES string of the molecule is Nc1cc(Cl)ccc1NC(=O)CCCN1CCCCC1. The molecule has 3 N–H and O–H groups in total. The first-order valence-electron chi connectivity index (χ1n) is 7.22. The van der Waals surface area contributed by atoms with Crippen LogP contribution in [0.15, 0.2) is 18.2 Å². The molecule has 0 atom stereocenters. The van der Waals surface area contributed by atoms with E-state index in [1.807, 2.05) is 0 Å². The van der Waals surface area contributed by atoms with Crippen molar-refractivity contribution < 1.29 is 4.79 Å². The summed E-state index contributed by atoms with van der Waals surface area (Å²) in [6.07, 6.45) is 5.33. The second-order valence-corrected chi connectivity index (χ2v) is 5.72. The first-order valence-corrected chi connectivity index (χ1v) is 7.60. The maximum absolute atomic E-state index is 11.9. The van der Waals surface area contributed by atoms with Crippen LogP contribution >= 0.6 is 11.6 Å². The van der Waals surface area contributed by atoms with E-state index in [-0.39, 0.29) is 5.91 Å². The van der Waals surface area contributed by atoms with Crippen LogP contribution in [0.25, 0.3) is 0 Å². The zero-order valence-electron chi connectivity index (χ0n) is 11.7. The highest BCUT2D eigenvalue weighted by molar-refractivity contribution is 6.31. The third kappa shape index (κ3) is 4.69. The Bertz CT molecular complexity index is 458. The topological polar surface area (TPSA) is 58.4 Å². The highest BCUT2D eigenvalue weighted by Crippen LogP contribution is 2.22. The summed E-state index contributed by atoms with van der Waals surface area (Å²) in [4.78, 5) is 14.3. The summed E-state index contributed by atoms with van der Waals surface area (Å²) in [5.74, 6) is 0.0102. The van der Waals surface area contributed by atoms with Crippen LogP contribution in [0.2, 0.25) is 5.02 Å². The van der Waals surface area contributed by atoms with Gasteiger partial charge in [-0.1, -0.05) is 18.0 Å². The van der Waals surface area contributed by atoms with Crippen LogP contribution in [-0.2, 0) is 4.79 Å². The van der Waals surface area contributed by atoms with E-state index in [1.54, 1.807) is 18.2 Å². The van der Waals surface area contributed by atoms with Crippen molar-refractivity contribution in [2.24, 2.45) is 0 Å². The minimum atomic E-state index is 0.0102. The Hall–Kier alpha value is -1.26. The molecular formula is C15H22ClN3O. The molecule has 1 aromatic carbocycles. The van der Waals surface area contributed by atoms with E-state index >= 15 is 0 Å². The van der Waals surface area contributed by atoms with Gasteiger partial charge in [-0.25, -0.2) is 0 Å². The fraction of sp³-hybridized carbons (Fsp3) is 0.533. The highest BCUT2D eigenvalue weighted by Gasteiger charge is 2.11. The van der Waals surface area contributed by atoms with E-state index in [4.69, 9.17) is 17.3 Å². The Kier molecular flexibility index (Phi) is 5.68. The molecule has 1 aliphatic rings. The van der Waals surface area contributed by atoms with Gasteiger partial charge < -0.3 is 16.0 Å². The molecule has 1 fully saturated rings. The molecule has 0 aromatic heterocycles. The predicted octanol–water partition coefficient (Wildman–Crippen LogP) is 3.13. The molecular weight excluding hydrogens is 274 g/mol. The number of nitrogen functional groups attached to an aromatic ring is 1. The number of rotatable bonds is 5. The highest BCUT2D eigenvalue weighted by atomic mass is 35.5. The second kappa shape index (κ2) is 7.50. The van der Waals surface area contributed by atoms with Gasteiger partial charge in [0.2, 0.25) is 5.91 Å². The van der Waals surface area contributed by atoms with E-state index < -0.39 is 0 Å². The summed E-state index contributed by atoms with van der Waals surface area (Å²) in [6.45, 7) is 3.35. The molecule has 0 bridgehead atoms. The average molecular weight is 296 g/mol. The summed E-state index contributed by atoms with van der Waals surface area (Å²) in [5, 5.41) is 3.41. The van der Waals surface area contributed by atoms with Crippen molar-refractivity contribution in [2.75, 3.05) is 30.7 Å². The van der Waals surface area contributed by atoms with Gasteiger partial charge in [-0.15, -0.1) is 0 Å². The molecule has 2 rings (SSSR count). The smallest absolute Gasteiger partial charge is 0.224 e. The van der Waals surface area contributed by atoms with Crippen molar-refractivity contribution in [1.29, 1.82) is 0 Å². The lowest BCUT2D eigenvalue weighted by Crippen LogP contribution is -2.31. The normalized spacial score (nSPS) is 16.1. The van der Waals surface area contributed by atoms with Gasteiger partial charge in [0.25, 0.3) is 0 Å². The lowest BCUT2D eigenvalue weighted by molar-refractivity contribution is -0.116. The second-order valence-electron chi connectivity index (χ2n) is 5.29. The number of amides is 1. The van der Waals surface area contributed by atoms with Crippen molar-refractivity contribution in [3.05, 3.63) is 23.2 Å². The standard InChI is InChI=1S/C15H22ClN3O/c16-12-6-7-14(13(17)11-12)18-15(20)5-4-10-19-8-2-1-3-9-19/h6-7,11H,1-5,8-10,17H2,(H,18,20). The van der Waals surface area contributed by atoms with Gasteiger partial charge in [0.05, 0.1) is 11.4 Å². The van der Waals surface area contributed by atoms with Crippen molar-refractivity contribution >= 4 is 28.9 Å². The third-order valence-corrected chi connectivity index (χ3v) is 3.85. The predicted molar refractivity (Wildman–Crippen MR) is 84.0 cm³/mol. The van der Waals surface area contributed by atoms with E-state index in [2.05, 4.69) is 10.2 Å². The van der Waals surface area contributed by atoms with Crippen LogP contribution in [-0.4, -0.2) is 30.4 Å². The minimum absolute atomic E-state index is 0.0102. The van der Waals surface area contributed by atoms with Crippen molar-refractivity contribution in [3.8, 4) is 0 Å². The summed E-state index contributed by atoms with van der Waals surface area (Å²) in [5.41, 5.74) is 6.95. The van der Waals surface area contributed by atoms with Crippen molar-refractivity contribution in [1.82, 2.24) is 4.90 Å². The molecule has 0 saturated carbocycles. The summed E-state index contributed by atoms with van der Waals surface area (Å²) in [7, 11) is 0. The number of hydrogen-bond donors (Lipinski definition) is 2. The molecule has 0 unspecified atom stereocenters. The maximum Gasteiger partial charge on any atom is 0.224 e. The van der Waals surface area contributed by atoms with Crippen LogP contribution in [0, 0.1) is 0 Å². The molecule has 0 radical (unpaired) electrons. The van der Waals surface area contributed by atoms with Crippen LogP contribution in [0.4, 0.5) is 11.4 Å². The van der Waals surface area contributed by atoms with E-state index in [1.165, 1.54) is 32.4 Å². The van der Waals surface area contributed by atoms with Gasteiger partial charge in [-0.3, -0.25) is 4.79 Å². The number of piperidine rings is 1. The van der Waals surface area contributed by atoms with Gasteiger partial charge in [-0.2, -0.15) is 0 Å². The third-order valence-electron chi connectivity index (χ3n) is 3.61. The van der Waals surface area contributed by atoms with Gasteiger partial charge in [0, 0.05) is 11.4 Å². The van der Waals surface area contributed by atoms with Gasteiger partial charge >= 0.3 is 0 Å². The maximum atomic E-state index is 11.9. The van der Waals surface area contributed by atoms with Gasteiger partial charge in [0.1, 0.15) is 0 Å². The molecule has 4 nitrogen and oxygen atoms in total. The molecule has 5 heteroatoms. The van der Waals surface area contributed by atoms with Crippen molar-refractivity contribution in [3.63, 3.8) is 0 Å². The van der Waals surface area contributed by atoms with Crippen LogP contribution in [0.5, 0.6) is 0 Å². The monoisotopic (exact) mass is 295 g/mol. The van der Waals surface area contributed by atoms with E-state index in [9.17, 15) is 4.79 Å². The first kappa shape index (κ1) is 15.1. The summed E-state index contributed by atoms with van der Waals surface area (Å²) >= 11 is 5.82. The number of halogens is 1. The van der Waals surface area contributed by atoms with E-state index in [0.717, 1.165) is 13.0 Å².